The Kier molecular flexibility index (Phi) is 10.5. The van der Waals surface area contributed by atoms with Gasteiger partial charge in [0.25, 0.3) is 0 Å². The van der Waals surface area contributed by atoms with Crippen molar-refractivity contribution in [3.8, 4) is 0 Å². The maximum atomic E-state index is 13.6. The first-order chi connectivity index (χ1) is 17.6. The van der Waals surface area contributed by atoms with E-state index in [2.05, 4.69) is 10.6 Å². The average Bonchev–Trinajstić information content (AvgIpc) is 2.79. The zero-order chi connectivity index (χ0) is 28.7. The SMILES string of the molecule is CCCC(=O)N(c1cc(Cl)ccc1C(=O)c1ccccc1)C(CNC(=O)OC(C)(C)C)C(=O)NC(C)(C)C. The number of benzene rings is 2. The molecule has 38 heavy (non-hydrogen) atoms. The summed E-state index contributed by atoms with van der Waals surface area (Å²) in [4.78, 5) is 54.5. The predicted molar refractivity (Wildman–Crippen MR) is 150 cm³/mol. The largest absolute Gasteiger partial charge is 0.444 e. The van der Waals surface area contributed by atoms with Gasteiger partial charge in [-0.25, -0.2) is 4.79 Å². The van der Waals surface area contributed by atoms with Gasteiger partial charge in [0.05, 0.1) is 12.2 Å². The molecule has 0 radical (unpaired) electrons. The molecular formula is C29H38ClN3O5. The molecule has 1 atom stereocenters. The van der Waals surface area contributed by atoms with Crippen molar-refractivity contribution in [2.45, 2.75) is 78.5 Å². The monoisotopic (exact) mass is 543 g/mol. The van der Waals surface area contributed by atoms with Crippen LogP contribution in [0.3, 0.4) is 0 Å². The Bertz CT molecular complexity index is 1150. The summed E-state index contributed by atoms with van der Waals surface area (Å²) in [5, 5.41) is 5.79. The van der Waals surface area contributed by atoms with Gasteiger partial charge in [-0.05, 0) is 66.2 Å². The minimum Gasteiger partial charge on any atom is -0.444 e. The molecule has 8 nitrogen and oxygen atoms in total. The molecule has 0 aliphatic rings. The molecule has 0 heterocycles. The molecule has 0 saturated heterocycles. The first kappa shape index (κ1) is 30.8. The molecule has 0 saturated carbocycles. The second kappa shape index (κ2) is 12.9. The number of nitrogens with one attached hydrogen (secondary N) is 2. The number of hydrogen-bond acceptors (Lipinski definition) is 5. The summed E-state index contributed by atoms with van der Waals surface area (Å²) in [6, 6.07) is 12.0. The molecule has 2 rings (SSSR count). The highest BCUT2D eigenvalue weighted by atomic mass is 35.5. The molecule has 0 aromatic heterocycles. The van der Waals surface area contributed by atoms with Crippen LogP contribution in [0.2, 0.25) is 5.02 Å². The summed E-state index contributed by atoms with van der Waals surface area (Å²) in [5.41, 5.74) is -0.576. The standard InChI is InChI=1S/C29H38ClN3O5/c1-8-12-24(34)33(22-17-20(30)15-16-21(22)25(35)19-13-10-9-11-14-19)23(26(36)32-28(2,3)4)18-31-27(37)38-29(5,6)7/h9-11,13-17,23H,8,12,18H2,1-7H3,(H,31,37)(H,32,36). The normalized spacial score (nSPS) is 12.3. The number of rotatable bonds is 9. The minimum atomic E-state index is -1.19. The van der Waals surface area contributed by atoms with Crippen LogP contribution in [0.25, 0.3) is 0 Å². The number of hydrogen-bond donors (Lipinski definition) is 2. The van der Waals surface area contributed by atoms with Crippen LogP contribution < -0.4 is 15.5 Å². The molecular weight excluding hydrogens is 506 g/mol. The lowest BCUT2D eigenvalue weighted by molar-refractivity contribution is -0.127. The van der Waals surface area contributed by atoms with E-state index in [4.69, 9.17) is 16.3 Å². The highest BCUT2D eigenvalue weighted by molar-refractivity contribution is 6.31. The van der Waals surface area contributed by atoms with Crippen LogP contribution in [0.4, 0.5) is 10.5 Å². The van der Waals surface area contributed by atoms with Gasteiger partial charge in [0.2, 0.25) is 11.8 Å². The van der Waals surface area contributed by atoms with Gasteiger partial charge < -0.3 is 15.4 Å². The summed E-state index contributed by atoms with van der Waals surface area (Å²) in [6.07, 6.45) is -0.122. The number of halogens is 1. The van der Waals surface area contributed by atoms with Crippen molar-refractivity contribution in [1.29, 1.82) is 0 Å². The highest BCUT2D eigenvalue weighted by Crippen LogP contribution is 2.30. The van der Waals surface area contributed by atoms with E-state index in [1.54, 1.807) is 63.2 Å². The van der Waals surface area contributed by atoms with Crippen LogP contribution in [-0.4, -0.2) is 47.4 Å². The van der Waals surface area contributed by atoms with Gasteiger partial charge in [0, 0.05) is 28.1 Å². The van der Waals surface area contributed by atoms with E-state index in [0.29, 0.717) is 12.0 Å². The van der Waals surface area contributed by atoms with Crippen LogP contribution >= 0.6 is 11.6 Å². The average molecular weight is 544 g/mol. The summed E-state index contributed by atoms with van der Waals surface area (Å²) in [6.45, 7) is 12.2. The van der Waals surface area contributed by atoms with E-state index in [1.807, 2.05) is 27.7 Å². The molecule has 206 valence electrons. The van der Waals surface area contributed by atoms with Gasteiger partial charge in [0.15, 0.2) is 5.78 Å². The summed E-state index contributed by atoms with van der Waals surface area (Å²) < 4.78 is 5.34. The van der Waals surface area contributed by atoms with Gasteiger partial charge in [-0.1, -0.05) is 48.9 Å². The van der Waals surface area contributed by atoms with Gasteiger partial charge in [-0.2, -0.15) is 0 Å². The van der Waals surface area contributed by atoms with E-state index < -0.39 is 35.1 Å². The Morgan fingerprint density at radius 1 is 0.974 bits per heavy atom. The van der Waals surface area contributed by atoms with Crippen LogP contribution in [0.15, 0.2) is 48.5 Å². The number of nitrogens with zero attached hydrogens (tertiary/aromatic N) is 1. The third-order valence-electron chi connectivity index (χ3n) is 5.18. The molecule has 3 amide bonds. The zero-order valence-electron chi connectivity index (χ0n) is 23.2. The van der Waals surface area contributed by atoms with Crippen molar-refractivity contribution in [2.24, 2.45) is 0 Å². The summed E-state index contributed by atoms with van der Waals surface area (Å²) in [7, 11) is 0. The lowest BCUT2D eigenvalue weighted by Gasteiger charge is -2.34. The molecule has 2 N–H and O–H groups in total. The van der Waals surface area contributed by atoms with Gasteiger partial charge in [0.1, 0.15) is 11.6 Å². The first-order valence-corrected chi connectivity index (χ1v) is 13.0. The minimum absolute atomic E-state index is 0.108. The Morgan fingerprint density at radius 2 is 1.61 bits per heavy atom. The maximum Gasteiger partial charge on any atom is 0.407 e. The molecule has 0 aliphatic heterocycles. The van der Waals surface area contributed by atoms with Gasteiger partial charge in [-0.15, -0.1) is 0 Å². The van der Waals surface area contributed by atoms with Crippen molar-refractivity contribution in [2.75, 3.05) is 11.4 Å². The van der Waals surface area contributed by atoms with E-state index >= 15 is 0 Å². The second-order valence-corrected chi connectivity index (χ2v) is 11.4. The number of amides is 3. The molecule has 1 unspecified atom stereocenters. The fourth-order valence-corrected chi connectivity index (χ4v) is 3.87. The predicted octanol–water partition coefficient (Wildman–Crippen LogP) is 5.51. The Balaban J connectivity index is 2.65. The molecule has 0 aliphatic carbocycles. The maximum absolute atomic E-state index is 13.6. The lowest BCUT2D eigenvalue weighted by Crippen LogP contribution is -2.58. The van der Waals surface area contributed by atoms with Crippen molar-refractivity contribution >= 4 is 41.0 Å². The number of anilines is 1. The third-order valence-corrected chi connectivity index (χ3v) is 5.42. The lowest BCUT2D eigenvalue weighted by atomic mass is 9.99. The smallest absolute Gasteiger partial charge is 0.407 e. The Morgan fingerprint density at radius 3 is 2.16 bits per heavy atom. The Hall–Kier alpha value is -3.39. The van der Waals surface area contributed by atoms with Crippen molar-refractivity contribution in [1.82, 2.24) is 10.6 Å². The Labute approximate surface area is 230 Å². The molecule has 9 heteroatoms. The van der Waals surface area contributed by atoms with E-state index in [-0.39, 0.29) is 35.0 Å². The van der Waals surface area contributed by atoms with Gasteiger partial charge >= 0.3 is 6.09 Å². The molecule has 0 spiro atoms. The van der Waals surface area contributed by atoms with Crippen LogP contribution in [-0.2, 0) is 14.3 Å². The van der Waals surface area contributed by atoms with Gasteiger partial charge in [-0.3, -0.25) is 19.3 Å². The number of ether oxygens (including phenoxy) is 1. The van der Waals surface area contributed by atoms with E-state index in [0.717, 1.165) is 0 Å². The number of alkyl carbamates (subject to hydrolysis) is 1. The first-order valence-electron chi connectivity index (χ1n) is 12.6. The van der Waals surface area contributed by atoms with E-state index in [1.165, 1.54) is 11.0 Å². The zero-order valence-corrected chi connectivity index (χ0v) is 23.9. The van der Waals surface area contributed by atoms with Crippen LogP contribution in [0.5, 0.6) is 0 Å². The fourth-order valence-electron chi connectivity index (χ4n) is 3.70. The van der Waals surface area contributed by atoms with Crippen molar-refractivity contribution in [3.05, 3.63) is 64.7 Å². The van der Waals surface area contributed by atoms with E-state index in [9.17, 15) is 19.2 Å². The van der Waals surface area contributed by atoms with Crippen LogP contribution in [0, 0.1) is 0 Å². The topological polar surface area (TPSA) is 105 Å². The fraction of sp³-hybridized carbons (Fsp3) is 0.448. The highest BCUT2D eigenvalue weighted by Gasteiger charge is 2.35. The molecule has 2 aromatic rings. The molecule has 2 aromatic carbocycles. The number of ketones is 1. The van der Waals surface area contributed by atoms with Crippen molar-refractivity contribution in [3.63, 3.8) is 0 Å². The number of carbonyl (C=O) groups is 4. The van der Waals surface area contributed by atoms with Crippen LogP contribution in [0.1, 0.15) is 77.2 Å². The summed E-state index contributed by atoms with van der Waals surface area (Å²) >= 11 is 6.34. The second-order valence-electron chi connectivity index (χ2n) is 11.0. The quantitative estimate of drug-likeness (QED) is 0.406. The third kappa shape index (κ3) is 9.17. The summed E-state index contributed by atoms with van der Waals surface area (Å²) in [5.74, 6) is -1.23. The molecule has 0 bridgehead atoms. The number of carbonyl (C=O) groups excluding carboxylic acids is 4. The van der Waals surface area contributed by atoms with Crippen molar-refractivity contribution < 1.29 is 23.9 Å². The molecule has 0 fully saturated rings.